The third kappa shape index (κ3) is 3.27. The first-order chi connectivity index (χ1) is 7.54. The van der Waals surface area contributed by atoms with E-state index in [0.29, 0.717) is 18.9 Å². The number of methoxy groups -OCH3 is 1. The number of hydrogen-bond acceptors (Lipinski definition) is 4. The molecule has 1 aromatic carbocycles. The van der Waals surface area contributed by atoms with Crippen molar-refractivity contribution in [1.29, 1.82) is 0 Å². The Balaban J connectivity index is 2.72. The Morgan fingerprint density at radius 2 is 2.00 bits per heavy atom. The molecule has 0 unspecified atom stereocenters. The lowest BCUT2D eigenvalue weighted by Gasteiger charge is -2.13. The van der Waals surface area contributed by atoms with Gasteiger partial charge in [-0.15, -0.1) is 0 Å². The molecule has 0 fully saturated rings. The Labute approximate surface area is 94.7 Å². The summed E-state index contributed by atoms with van der Waals surface area (Å²) in [7, 11) is 5.32. The number of nitrogens with zero attached hydrogens (tertiary/aromatic N) is 1. The van der Waals surface area contributed by atoms with E-state index in [-0.39, 0.29) is 11.4 Å². The largest absolute Gasteiger partial charge is 0.494 e. The topological polar surface area (TPSA) is 47.7 Å². The molecule has 1 aromatic rings. The Hall–Kier alpha value is -1.49. The molecule has 0 radical (unpaired) electrons. The first-order valence-corrected chi connectivity index (χ1v) is 4.95. The molecule has 0 atom stereocenters. The first kappa shape index (κ1) is 12.6. The van der Waals surface area contributed by atoms with Crippen LogP contribution in [-0.2, 0) is 0 Å². The highest BCUT2D eigenvalue weighted by atomic mass is 19.1. The van der Waals surface area contributed by atoms with Gasteiger partial charge >= 0.3 is 0 Å². The minimum Gasteiger partial charge on any atom is -0.494 e. The lowest BCUT2D eigenvalue weighted by Crippen LogP contribution is -2.19. The highest BCUT2D eigenvalue weighted by Gasteiger charge is 2.09. The second-order valence-corrected chi connectivity index (χ2v) is 3.68. The molecule has 0 aliphatic carbocycles. The van der Waals surface area contributed by atoms with Crippen LogP contribution in [0, 0.1) is 5.82 Å². The van der Waals surface area contributed by atoms with Gasteiger partial charge < -0.3 is 20.1 Å². The molecule has 0 heterocycles. The zero-order valence-corrected chi connectivity index (χ0v) is 9.79. The van der Waals surface area contributed by atoms with Crippen molar-refractivity contribution in [2.45, 2.75) is 0 Å². The summed E-state index contributed by atoms with van der Waals surface area (Å²) in [6, 6.07) is 2.66. The number of nitrogen functional groups attached to an aromatic ring is 1. The van der Waals surface area contributed by atoms with Crippen LogP contribution in [0.4, 0.5) is 10.1 Å². The molecule has 4 nitrogen and oxygen atoms in total. The summed E-state index contributed by atoms with van der Waals surface area (Å²) < 4.78 is 23.7. The van der Waals surface area contributed by atoms with Gasteiger partial charge in [0.15, 0.2) is 11.6 Å². The van der Waals surface area contributed by atoms with E-state index in [1.807, 2.05) is 19.0 Å². The summed E-state index contributed by atoms with van der Waals surface area (Å²) >= 11 is 0. The quantitative estimate of drug-likeness (QED) is 0.773. The van der Waals surface area contributed by atoms with Gasteiger partial charge in [-0.3, -0.25) is 0 Å². The van der Waals surface area contributed by atoms with Crippen LogP contribution < -0.4 is 15.2 Å². The van der Waals surface area contributed by atoms with E-state index in [0.717, 1.165) is 0 Å². The van der Waals surface area contributed by atoms with E-state index >= 15 is 0 Å². The fourth-order valence-corrected chi connectivity index (χ4v) is 1.18. The maximum Gasteiger partial charge on any atom is 0.167 e. The van der Waals surface area contributed by atoms with Gasteiger partial charge in [-0.25, -0.2) is 4.39 Å². The number of ether oxygens (including phenoxy) is 2. The minimum absolute atomic E-state index is 0.160. The van der Waals surface area contributed by atoms with Gasteiger partial charge in [-0.2, -0.15) is 0 Å². The summed E-state index contributed by atoms with van der Waals surface area (Å²) in [6.45, 7) is 1.13. The minimum atomic E-state index is -0.475. The van der Waals surface area contributed by atoms with E-state index < -0.39 is 5.82 Å². The molecule has 2 N–H and O–H groups in total. The average Bonchev–Trinajstić information content (AvgIpc) is 2.20. The van der Waals surface area contributed by atoms with Crippen molar-refractivity contribution in [3.05, 3.63) is 17.9 Å². The Morgan fingerprint density at radius 3 is 2.56 bits per heavy atom. The van der Waals surface area contributed by atoms with Crippen LogP contribution in [0.15, 0.2) is 12.1 Å². The van der Waals surface area contributed by atoms with Crippen LogP contribution >= 0.6 is 0 Å². The van der Waals surface area contributed by atoms with Gasteiger partial charge in [0.1, 0.15) is 12.4 Å². The summed E-state index contributed by atoms with van der Waals surface area (Å²) in [6.07, 6.45) is 0. The SMILES string of the molecule is COc1cc(OCCN(C)C)c(F)cc1N. The van der Waals surface area contributed by atoms with Crippen LogP contribution in [-0.4, -0.2) is 39.3 Å². The average molecular weight is 228 g/mol. The van der Waals surface area contributed by atoms with Crippen molar-refractivity contribution in [3.63, 3.8) is 0 Å². The second-order valence-electron chi connectivity index (χ2n) is 3.68. The number of anilines is 1. The molecular weight excluding hydrogens is 211 g/mol. The lowest BCUT2D eigenvalue weighted by molar-refractivity contribution is 0.251. The summed E-state index contributed by atoms with van der Waals surface area (Å²) in [5, 5.41) is 0. The second kappa shape index (κ2) is 5.55. The molecule has 16 heavy (non-hydrogen) atoms. The third-order valence-corrected chi connectivity index (χ3v) is 2.08. The molecule has 0 saturated heterocycles. The van der Waals surface area contributed by atoms with Crippen LogP contribution in [0.25, 0.3) is 0 Å². The zero-order valence-electron chi connectivity index (χ0n) is 9.79. The van der Waals surface area contributed by atoms with Gasteiger partial charge in [0, 0.05) is 18.7 Å². The fraction of sp³-hybridized carbons (Fsp3) is 0.455. The van der Waals surface area contributed by atoms with Crippen molar-refractivity contribution in [2.24, 2.45) is 0 Å². The van der Waals surface area contributed by atoms with Crippen LogP contribution in [0.5, 0.6) is 11.5 Å². The summed E-state index contributed by atoms with van der Waals surface area (Å²) in [4.78, 5) is 1.95. The molecule has 0 bridgehead atoms. The van der Waals surface area contributed by atoms with Crippen molar-refractivity contribution in [3.8, 4) is 11.5 Å². The maximum absolute atomic E-state index is 13.4. The molecule has 0 spiro atoms. The molecule has 5 heteroatoms. The smallest absolute Gasteiger partial charge is 0.167 e. The number of rotatable bonds is 5. The Kier molecular flexibility index (Phi) is 4.37. The van der Waals surface area contributed by atoms with Crippen molar-refractivity contribution >= 4 is 5.69 Å². The van der Waals surface area contributed by atoms with Gasteiger partial charge in [-0.05, 0) is 14.1 Å². The molecular formula is C11H17FN2O2. The van der Waals surface area contributed by atoms with Crippen molar-refractivity contribution in [1.82, 2.24) is 4.90 Å². The number of nitrogens with two attached hydrogens (primary N) is 1. The van der Waals surface area contributed by atoms with Gasteiger partial charge in [-0.1, -0.05) is 0 Å². The summed E-state index contributed by atoms with van der Waals surface area (Å²) in [5.41, 5.74) is 5.81. The number of benzene rings is 1. The fourth-order valence-electron chi connectivity index (χ4n) is 1.18. The molecule has 0 aliphatic heterocycles. The number of likely N-dealkylation sites (N-methyl/N-ethyl adjacent to an activating group) is 1. The van der Waals surface area contributed by atoms with Gasteiger partial charge in [0.05, 0.1) is 12.8 Å². The van der Waals surface area contributed by atoms with E-state index in [9.17, 15) is 4.39 Å². The molecule has 1 rings (SSSR count). The highest BCUT2D eigenvalue weighted by Crippen LogP contribution is 2.29. The Morgan fingerprint density at radius 1 is 1.31 bits per heavy atom. The van der Waals surface area contributed by atoms with Crippen molar-refractivity contribution < 1.29 is 13.9 Å². The normalized spacial score (nSPS) is 10.6. The molecule has 0 saturated carbocycles. The lowest BCUT2D eigenvalue weighted by atomic mass is 10.2. The molecule has 0 aromatic heterocycles. The number of halogens is 1. The van der Waals surface area contributed by atoms with E-state index in [2.05, 4.69) is 0 Å². The van der Waals surface area contributed by atoms with Crippen LogP contribution in [0.2, 0.25) is 0 Å². The van der Waals surface area contributed by atoms with Crippen LogP contribution in [0.3, 0.4) is 0 Å². The van der Waals surface area contributed by atoms with E-state index in [1.54, 1.807) is 0 Å². The maximum atomic E-state index is 13.4. The van der Waals surface area contributed by atoms with Crippen LogP contribution in [0.1, 0.15) is 0 Å². The molecule has 0 aliphatic rings. The van der Waals surface area contributed by atoms with E-state index in [4.69, 9.17) is 15.2 Å². The molecule has 90 valence electrons. The van der Waals surface area contributed by atoms with Crippen molar-refractivity contribution in [2.75, 3.05) is 40.1 Å². The van der Waals surface area contributed by atoms with Gasteiger partial charge in [0.25, 0.3) is 0 Å². The number of hydrogen-bond donors (Lipinski definition) is 1. The van der Waals surface area contributed by atoms with E-state index in [1.165, 1.54) is 19.2 Å². The predicted octanol–water partition coefficient (Wildman–Crippen LogP) is 1.36. The first-order valence-electron chi connectivity index (χ1n) is 4.95. The van der Waals surface area contributed by atoms with Gasteiger partial charge in [0.2, 0.25) is 0 Å². The zero-order chi connectivity index (χ0) is 12.1. The summed E-state index contributed by atoms with van der Waals surface area (Å²) in [5.74, 6) is 0.103. The predicted molar refractivity (Wildman–Crippen MR) is 61.4 cm³/mol. The monoisotopic (exact) mass is 228 g/mol. The molecule has 0 amide bonds. The third-order valence-electron chi connectivity index (χ3n) is 2.08. The highest BCUT2D eigenvalue weighted by molar-refractivity contribution is 5.56. The Bertz CT molecular complexity index is 356. The standard InChI is InChI=1S/C11H17FN2O2/c1-14(2)4-5-16-10-7-11(15-3)9(13)6-8(10)12/h6-7H,4-5,13H2,1-3H3.